The zero-order valence-electron chi connectivity index (χ0n) is 26.7. The summed E-state index contributed by atoms with van der Waals surface area (Å²) in [5.41, 5.74) is 4.77. The first-order valence-electron chi connectivity index (χ1n) is 15.3. The van der Waals surface area contributed by atoms with Gasteiger partial charge in [0, 0.05) is 45.4 Å². The molecular formula is C36H44N4O3S. The molecule has 0 bridgehead atoms. The summed E-state index contributed by atoms with van der Waals surface area (Å²) in [4.78, 5) is 33.6. The van der Waals surface area contributed by atoms with Gasteiger partial charge in [-0.2, -0.15) is 0 Å². The van der Waals surface area contributed by atoms with Gasteiger partial charge in [0.05, 0.1) is 13.2 Å². The molecule has 2 N–H and O–H groups in total. The molecule has 0 spiro atoms. The Morgan fingerprint density at radius 1 is 0.955 bits per heavy atom. The molecule has 2 amide bonds. The van der Waals surface area contributed by atoms with Crippen LogP contribution in [0.2, 0.25) is 0 Å². The Hall–Kier alpha value is -4.01. The van der Waals surface area contributed by atoms with Gasteiger partial charge in [0.15, 0.2) is 0 Å². The van der Waals surface area contributed by atoms with Gasteiger partial charge in [-0.3, -0.25) is 9.59 Å². The number of nitrogens with one attached hydrogen (secondary N) is 2. The number of carbonyl (C=O) groups is 2. The highest BCUT2D eigenvalue weighted by Crippen LogP contribution is 2.41. The van der Waals surface area contributed by atoms with Crippen molar-refractivity contribution in [3.05, 3.63) is 100 Å². The average molecular weight is 613 g/mol. The van der Waals surface area contributed by atoms with Crippen molar-refractivity contribution in [3.63, 3.8) is 0 Å². The minimum absolute atomic E-state index is 0.197. The number of nitrogens with zero attached hydrogens (tertiary/aromatic N) is 2. The molecule has 1 saturated carbocycles. The standard InChI is InChI=1S/C34H38N4O3S.C2H6/c1-23-8-5-6-9-29(23)32(40)37-30-18-26(11-10-24(30)2)31(39)35-19-28-20-36-33(42-28)25-12-14-27(15-13-25)41-22-34(16-7-17-34)21-38(3)4;1-2/h5-6,8-15,18,20H,7,16-17,19,21-22H2,1-4H3,(H,35,39)(H,37,40);1-2H3. The number of rotatable bonds is 11. The molecule has 8 heteroatoms. The lowest BCUT2D eigenvalue weighted by Crippen LogP contribution is -2.44. The molecule has 44 heavy (non-hydrogen) atoms. The van der Waals surface area contributed by atoms with Crippen LogP contribution in [0, 0.1) is 19.3 Å². The highest BCUT2D eigenvalue weighted by Gasteiger charge is 2.38. The van der Waals surface area contributed by atoms with Crippen molar-refractivity contribution in [2.45, 2.75) is 53.5 Å². The number of aromatic nitrogens is 1. The van der Waals surface area contributed by atoms with Gasteiger partial charge < -0.3 is 20.3 Å². The van der Waals surface area contributed by atoms with Crippen molar-refractivity contribution in [1.29, 1.82) is 0 Å². The van der Waals surface area contributed by atoms with Crippen LogP contribution in [0.15, 0.2) is 72.9 Å². The van der Waals surface area contributed by atoms with Gasteiger partial charge in [0.1, 0.15) is 10.8 Å². The van der Waals surface area contributed by atoms with E-state index in [1.807, 2.05) is 76.2 Å². The molecule has 7 nitrogen and oxygen atoms in total. The lowest BCUT2D eigenvalue weighted by atomic mass is 9.69. The number of hydrogen-bond acceptors (Lipinski definition) is 6. The number of amides is 2. The Labute approximate surface area is 265 Å². The predicted molar refractivity (Wildman–Crippen MR) is 181 cm³/mol. The van der Waals surface area contributed by atoms with Gasteiger partial charge in [0.25, 0.3) is 11.8 Å². The Morgan fingerprint density at radius 3 is 2.34 bits per heavy atom. The monoisotopic (exact) mass is 612 g/mol. The predicted octanol–water partition coefficient (Wildman–Crippen LogP) is 7.75. The lowest BCUT2D eigenvalue weighted by molar-refractivity contribution is 0.0315. The van der Waals surface area contributed by atoms with Crippen LogP contribution in [-0.4, -0.2) is 48.9 Å². The zero-order valence-corrected chi connectivity index (χ0v) is 27.5. The van der Waals surface area contributed by atoms with Crippen LogP contribution in [0.5, 0.6) is 5.75 Å². The molecule has 0 aliphatic heterocycles. The van der Waals surface area contributed by atoms with Gasteiger partial charge in [-0.25, -0.2) is 4.98 Å². The molecule has 1 fully saturated rings. The molecule has 4 aromatic rings. The molecule has 0 radical (unpaired) electrons. The quantitative estimate of drug-likeness (QED) is 0.181. The van der Waals surface area contributed by atoms with Crippen molar-refractivity contribution in [2.75, 3.05) is 32.6 Å². The first kappa shape index (κ1) is 32.9. The molecule has 0 unspecified atom stereocenters. The maximum absolute atomic E-state index is 13.0. The van der Waals surface area contributed by atoms with Gasteiger partial charge in [-0.05, 0) is 94.4 Å². The molecule has 0 saturated heterocycles. The molecule has 1 aliphatic rings. The van der Waals surface area contributed by atoms with Crippen molar-refractivity contribution in [3.8, 4) is 16.3 Å². The molecule has 3 aromatic carbocycles. The van der Waals surface area contributed by atoms with Crippen LogP contribution >= 0.6 is 11.3 Å². The molecule has 1 aromatic heterocycles. The number of thiazole rings is 1. The largest absolute Gasteiger partial charge is 0.493 e. The fourth-order valence-corrected chi connectivity index (χ4v) is 6.19. The fraction of sp³-hybridized carbons (Fsp3) is 0.361. The third-order valence-electron chi connectivity index (χ3n) is 7.83. The minimum atomic E-state index is -0.212. The van der Waals surface area contributed by atoms with Crippen molar-refractivity contribution in [1.82, 2.24) is 15.2 Å². The normalized spacial score (nSPS) is 13.3. The van der Waals surface area contributed by atoms with Crippen LogP contribution in [0.1, 0.15) is 69.8 Å². The molecule has 232 valence electrons. The summed E-state index contributed by atoms with van der Waals surface area (Å²) < 4.78 is 6.17. The Morgan fingerprint density at radius 2 is 1.68 bits per heavy atom. The summed E-state index contributed by atoms with van der Waals surface area (Å²) >= 11 is 1.55. The van der Waals surface area contributed by atoms with Crippen LogP contribution in [0.25, 0.3) is 10.6 Å². The number of hydrogen-bond donors (Lipinski definition) is 2. The molecular weight excluding hydrogens is 568 g/mol. The van der Waals surface area contributed by atoms with Crippen LogP contribution in [-0.2, 0) is 6.54 Å². The first-order chi connectivity index (χ1) is 21.2. The minimum Gasteiger partial charge on any atom is -0.493 e. The number of aryl methyl sites for hydroxylation is 2. The zero-order chi connectivity index (χ0) is 31.7. The highest BCUT2D eigenvalue weighted by molar-refractivity contribution is 7.15. The van der Waals surface area contributed by atoms with E-state index in [0.717, 1.165) is 45.5 Å². The van der Waals surface area contributed by atoms with Gasteiger partial charge >= 0.3 is 0 Å². The molecule has 1 aliphatic carbocycles. The second-order valence-corrected chi connectivity index (χ2v) is 12.6. The van der Waals surface area contributed by atoms with E-state index in [1.54, 1.807) is 35.7 Å². The van der Waals surface area contributed by atoms with E-state index in [2.05, 4.69) is 34.6 Å². The number of anilines is 1. The number of ether oxygens (including phenoxy) is 1. The van der Waals surface area contributed by atoms with Crippen LogP contribution in [0.4, 0.5) is 5.69 Å². The lowest BCUT2D eigenvalue weighted by Gasteiger charge is -2.43. The van der Waals surface area contributed by atoms with Crippen molar-refractivity contribution in [2.24, 2.45) is 5.41 Å². The smallest absolute Gasteiger partial charge is 0.255 e. The summed E-state index contributed by atoms with van der Waals surface area (Å²) in [6.07, 6.45) is 5.52. The summed E-state index contributed by atoms with van der Waals surface area (Å²) in [5.74, 6) is 0.467. The van der Waals surface area contributed by atoms with Gasteiger partial charge in [-0.15, -0.1) is 11.3 Å². The van der Waals surface area contributed by atoms with E-state index >= 15 is 0 Å². The van der Waals surface area contributed by atoms with E-state index in [4.69, 9.17) is 4.74 Å². The number of carbonyl (C=O) groups excluding carboxylic acids is 2. The van der Waals surface area contributed by atoms with E-state index in [0.29, 0.717) is 23.4 Å². The molecule has 5 rings (SSSR count). The second kappa shape index (κ2) is 15.1. The van der Waals surface area contributed by atoms with Crippen molar-refractivity contribution >= 4 is 28.8 Å². The second-order valence-electron chi connectivity index (χ2n) is 11.5. The van der Waals surface area contributed by atoms with E-state index < -0.39 is 0 Å². The molecule has 0 atom stereocenters. The maximum atomic E-state index is 13.0. The summed E-state index contributed by atoms with van der Waals surface area (Å²) in [6.45, 7) is 9.97. The summed E-state index contributed by atoms with van der Waals surface area (Å²) in [5, 5.41) is 6.83. The van der Waals surface area contributed by atoms with Gasteiger partial charge in [0.2, 0.25) is 0 Å². The van der Waals surface area contributed by atoms with E-state index in [1.165, 1.54) is 19.3 Å². The van der Waals surface area contributed by atoms with Gasteiger partial charge in [-0.1, -0.05) is 44.5 Å². The Bertz CT molecular complexity index is 1560. The fourth-order valence-electron chi connectivity index (χ4n) is 5.33. The summed E-state index contributed by atoms with van der Waals surface area (Å²) in [7, 11) is 4.24. The molecule has 1 heterocycles. The topological polar surface area (TPSA) is 83.6 Å². The Balaban J connectivity index is 0.00000216. The maximum Gasteiger partial charge on any atom is 0.255 e. The highest BCUT2D eigenvalue weighted by atomic mass is 32.1. The third kappa shape index (κ3) is 8.33. The average Bonchev–Trinajstić information content (AvgIpc) is 3.49. The first-order valence-corrected chi connectivity index (χ1v) is 16.1. The summed E-state index contributed by atoms with van der Waals surface area (Å²) in [6, 6.07) is 20.8. The van der Waals surface area contributed by atoms with E-state index in [9.17, 15) is 9.59 Å². The van der Waals surface area contributed by atoms with Crippen LogP contribution in [0.3, 0.4) is 0 Å². The van der Waals surface area contributed by atoms with Crippen LogP contribution < -0.4 is 15.4 Å². The third-order valence-corrected chi connectivity index (χ3v) is 8.87. The Kier molecular flexibility index (Phi) is 11.3. The van der Waals surface area contributed by atoms with E-state index in [-0.39, 0.29) is 17.2 Å². The SMILES string of the molecule is CC.Cc1ccc(C(=O)NCc2cnc(-c3ccc(OCC4(CN(C)C)CCC4)cc3)s2)cc1NC(=O)c1ccccc1C. The van der Waals surface area contributed by atoms with Crippen molar-refractivity contribution < 1.29 is 14.3 Å². The number of benzene rings is 3.